The number of nitrogens with zero attached hydrogens (tertiary/aromatic N) is 1. The van der Waals surface area contributed by atoms with Gasteiger partial charge in [0.15, 0.2) is 11.5 Å². The summed E-state index contributed by atoms with van der Waals surface area (Å²) < 4.78 is 12.5. The second-order valence-electron chi connectivity index (χ2n) is 6.29. The first-order chi connectivity index (χ1) is 12.2. The number of para-hydroxylation sites is 1. The number of rotatable bonds is 7. The van der Waals surface area contributed by atoms with Crippen LogP contribution >= 0.6 is 11.3 Å². The Hall–Kier alpha value is -2.33. The maximum atomic E-state index is 5.84. The van der Waals surface area contributed by atoms with Crippen molar-refractivity contribution in [2.75, 3.05) is 13.7 Å². The average Bonchev–Trinajstić information content (AvgIpc) is 3.03. The van der Waals surface area contributed by atoms with Crippen LogP contribution in [-0.4, -0.2) is 18.7 Å². The van der Waals surface area contributed by atoms with Gasteiger partial charge in [-0.2, -0.15) is 0 Å². The van der Waals surface area contributed by atoms with Crippen molar-refractivity contribution in [2.24, 2.45) is 5.92 Å². The van der Waals surface area contributed by atoms with Gasteiger partial charge in [0.05, 0.1) is 23.9 Å². The minimum atomic E-state index is 0.627. The van der Waals surface area contributed by atoms with E-state index >= 15 is 0 Å². The molecule has 0 aliphatic carbocycles. The van der Waals surface area contributed by atoms with Crippen molar-refractivity contribution in [1.29, 1.82) is 0 Å². The van der Waals surface area contributed by atoms with Crippen LogP contribution in [0.3, 0.4) is 0 Å². The predicted molar refractivity (Wildman–Crippen MR) is 106 cm³/mol. The zero-order valence-corrected chi connectivity index (χ0v) is 15.7. The topological polar surface area (TPSA) is 31.4 Å². The second-order valence-corrected chi connectivity index (χ2v) is 7.36. The highest BCUT2D eigenvalue weighted by atomic mass is 32.1. The van der Waals surface area contributed by atoms with Crippen LogP contribution in [0.5, 0.6) is 11.5 Å². The molecule has 0 bridgehead atoms. The maximum Gasteiger partial charge on any atom is 0.161 e. The van der Waals surface area contributed by atoms with Crippen LogP contribution in [0.2, 0.25) is 0 Å². The molecule has 0 N–H and O–H groups in total. The van der Waals surface area contributed by atoms with E-state index < -0.39 is 0 Å². The summed E-state index contributed by atoms with van der Waals surface area (Å²) in [5, 5.41) is 0.998. The molecule has 2 aromatic carbocycles. The number of ether oxygens (including phenoxy) is 2. The highest BCUT2D eigenvalue weighted by Gasteiger charge is 2.06. The number of hydrogen-bond donors (Lipinski definition) is 0. The van der Waals surface area contributed by atoms with Crippen molar-refractivity contribution < 1.29 is 9.47 Å². The molecule has 1 heterocycles. The quantitative estimate of drug-likeness (QED) is 0.530. The molecule has 0 amide bonds. The van der Waals surface area contributed by atoms with Gasteiger partial charge in [0.2, 0.25) is 0 Å². The molecule has 0 atom stereocenters. The third kappa shape index (κ3) is 4.60. The van der Waals surface area contributed by atoms with Crippen LogP contribution in [0, 0.1) is 5.92 Å². The SMILES string of the molecule is COc1cc(/C=C\c2nc3ccccc3s2)ccc1OCCC(C)C. The number of hydrogen-bond acceptors (Lipinski definition) is 4. The molecule has 130 valence electrons. The average molecular weight is 353 g/mol. The van der Waals surface area contributed by atoms with E-state index in [1.165, 1.54) is 4.70 Å². The van der Waals surface area contributed by atoms with E-state index in [-0.39, 0.29) is 0 Å². The van der Waals surface area contributed by atoms with Crippen LogP contribution in [-0.2, 0) is 0 Å². The Morgan fingerprint density at radius 1 is 1.08 bits per heavy atom. The van der Waals surface area contributed by atoms with Gasteiger partial charge in [-0.3, -0.25) is 0 Å². The van der Waals surface area contributed by atoms with Crippen LogP contribution in [0.15, 0.2) is 42.5 Å². The Bertz CT molecular complexity index is 834. The fourth-order valence-electron chi connectivity index (χ4n) is 2.44. The Kier molecular flexibility index (Phi) is 5.71. The second kappa shape index (κ2) is 8.17. The number of aromatic nitrogens is 1. The highest BCUT2D eigenvalue weighted by molar-refractivity contribution is 7.19. The standard InChI is InChI=1S/C21H23NO2S/c1-15(2)12-13-24-18-10-8-16(14-19(18)23-3)9-11-21-22-17-6-4-5-7-20(17)25-21/h4-11,14-15H,12-13H2,1-3H3/b11-9-. The number of thiazole rings is 1. The van der Waals surface area contributed by atoms with E-state index in [1.807, 2.05) is 42.5 Å². The molecule has 3 nitrogen and oxygen atoms in total. The molecule has 3 rings (SSSR count). The summed E-state index contributed by atoms with van der Waals surface area (Å²) in [5.41, 5.74) is 2.10. The highest BCUT2D eigenvalue weighted by Crippen LogP contribution is 2.29. The number of benzene rings is 2. The largest absolute Gasteiger partial charge is 0.493 e. The molecule has 0 spiro atoms. The molecule has 0 aliphatic rings. The van der Waals surface area contributed by atoms with Gasteiger partial charge in [0.1, 0.15) is 5.01 Å². The first-order valence-electron chi connectivity index (χ1n) is 8.50. The molecule has 0 saturated heterocycles. The number of fused-ring (bicyclic) bond motifs is 1. The summed E-state index contributed by atoms with van der Waals surface area (Å²) in [6.45, 7) is 5.09. The van der Waals surface area contributed by atoms with Crippen molar-refractivity contribution in [3.8, 4) is 11.5 Å². The number of methoxy groups -OCH3 is 1. The molecule has 1 aromatic heterocycles. The van der Waals surface area contributed by atoms with E-state index in [2.05, 4.69) is 31.0 Å². The molecule has 3 aromatic rings. The minimum absolute atomic E-state index is 0.627. The zero-order chi connectivity index (χ0) is 17.6. The van der Waals surface area contributed by atoms with Crippen molar-refractivity contribution in [2.45, 2.75) is 20.3 Å². The van der Waals surface area contributed by atoms with Gasteiger partial charge in [-0.05, 0) is 48.2 Å². The van der Waals surface area contributed by atoms with Crippen molar-refractivity contribution in [1.82, 2.24) is 4.98 Å². The van der Waals surface area contributed by atoms with E-state index in [0.29, 0.717) is 12.5 Å². The summed E-state index contributed by atoms with van der Waals surface area (Å²) in [6.07, 6.45) is 5.12. The van der Waals surface area contributed by atoms with Gasteiger partial charge in [-0.25, -0.2) is 4.98 Å². The molecule has 0 aliphatic heterocycles. The maximum absolute atomic E-state index is 5.84. The Balaban J connectivity index is 1.73. The lowest BCUT2D eigenvalue weighted by Crippen LogP contribution is -2.02. The van der Waals surface area contributed by atoms with E-state index in [0.717, 1.165) is 34.0 Å². The van der Waals surface area contributed by atoms with Gasteiger partial charge in [0.25, 0.3) is 0 Å². The Morgan fingerprint density at radius 2 is 1.92 bits per heavy atom. The molecule has 0 fully saturated rings. The van der Waals surface area contributed by atoms with Gasteiger partial charge < -0.3 is 9.47 Å². The van der Waals surface area contributed by atoms with Crippen molar-refractivity contribution in [3.63, 3.8) is 0 Å². The van der Waals surface area contributed by atoms with Crippen LogP contribution < -0.4 is 9.47 Å². The van der Waals surface area contributed by atoms with Crippen LogP contribution in [0.1, 0.15) is 30.8 Å². The predicted octanol–water partition coefficient (Wildman–Crippen LogP) is 5.90. The smallest absolute Gasteiger partial charge is 0.161 e. The Morgan fingerprint density at radius 3 is 2.68 bits per heavy atom. The van der Waals surface area contributed by atoms with Gasteiger partial charge in [0, 0.05) is 0 Å². The molecule has 25 heavy (non-hydrogen) atoms. The normalized spacial score (nSPS) is 11.5. The first kappa shape index (κ1) is 17.5. The minimum Gasteiger partial charge on any atom is -0.493 e. The van der Waals surface area contributed by atoms with Gasteiger partial charge >= 0.3 is 0 Å². The molecular weight excluding hydrogens is 330 g/mol. The molecule has 4 heteroatoms. The molecule has 0 unspecified atom stereocenters. The molecular formula is C21H23NO2S. The third-order valence-corrected chi connectivity index (χ3v) is 4.87. The summed E-state index contributed by atoms with van der Waals surface area (Å²) in [6, 6.07) is 14.2. The first-order valence-corrected chi connectivity index (χ1v) is 9.32. The zero-order valence-electron chi connectivity index (χ0n) is 14.9. The summed E-state index contributed by atoms with van der Waals surface area (Å²) >= 11 is 1.69. The van der Waals surface area contributed by atoms with Gasteiger partial charge in [-0.15, -0.1) is 11.3 Å². The Labute approximate surface area is 152 Å². The fraction of sp³-hybridized carbons (Fsp3) is 0.286. The van der Waals surface area contributed by atoms with E-state index in [1.54, 1.807) is 18.4 Å². The fourth-order valence-corrected chi connectivity index (χ4v) is 3.31. The van der Waals surface area contributed by atoms with Crippen molar-refractivity contribution in [3.05, 3.63) is 53.0 Å². The molecule has 0 radical (unpaired) electrons. The molecule has 0 saturated carbocycles. The van der Waals surface area contributed by atoms with Crippen molar-refractivity contribution >= 4 is 33.7 Å². The monoisotopic (exact) mass is 353 g/mol. The summed E-state index contributed by atoms with van der Waals surface area (Å²) in [4.78, 5) is 4.62. The summed E-state index contributed by atoms with van der Waals surface area (Å²) in [5.74, 6) is 2.18. The van der Waals surface area contributed by atoms with Crippen LogP contribution in [0.4, 0.5) is 0 Å². The van der Waals surface area contributed by atoms with Gasteiger partial charge in [-0.1, -0.05) is 38.1 Å². The summed E-state index contributed by atoms with van der Waals surface area (Å²) in [7, 11) is 1.67. The van der Waals surface area contributed by atoms with E-state index in [9.17, 15) is 0 Å². The lowest BCUT2D eigenvalue weighted by Gasteiger charge is -2.12. The van der Waals surface area contributed by atoms with E-state index in [4.69, 9.17) is 9.47 Å². The lowest BCUT2D eigenvalue weighted by atomic mass is 10.1. The van der Waals surface area contributed by atoms with Crippen LogP contribution in [0.25, 0.3) is 22.4 Å². The lowest BCUT2D eigenvalue weighted by molar-refractivity contribution is 0.273. The third-order valence-electron chi connectivity index (χ3n) is 3.87.